The van der Waals surface area contributed by atoms with Gasteiger partial charge in [-0.15, -0.1) is 0 Å². The number of para-hydroxylation sites is 1. The Morgan fingerprint density at radius 1 is 0.952 bits per heavy atom. The Balaban J connectivity index is 1.47. The molecular formula is C19H24N2. The van der Waals surface area contributed by atoms with Gasteiger partial charge in [0.2, 0.25) is 0 Å². The molecule has 1 aliphatic heterocycles. The lowest BCUT2D eigenvalue weighted by molar-refractivity contribution is 0.414. The fraction of sp³-hybridized carbons (Fsp3) is 0.368. The van der Waals surface area contributed by atoms with Gasteiger partial charge in [0.15, 0.2) is 0 Å². The van der Waals surface area contributed by atoms with E-state index in [4.69, 9.17) is 0 Å². The molecular weight excluding hydrogens is 256 g/mol. The van der Waals surface area contributed by atoms with E-state index in [0.717, 1.165) is 19.6 Å². The third-order valence-electron chi connectivity index (χ3n) is 4.33. The molecule has 0 atom stereocenters. The van der Waals surface area contributed by atoms with Gasteiger partial charge in [-0.1, -0.05) is 48.0 Å². The molecule has 3 rings (SSSR count). The van der Waals surface area contributed by atoms with E-state index in [2.05, 4.69) is 71.7 Å². The molecule has 2 heteroatoms. The summed E-state index contributed by atoms with van der Waals surface area (Å²) in [6, 6.07) is 20.2. The molecule has 2 nitrogen and oxygen atoms in total. The van der Waals surface area contributed by atoms with Gasteiger partial charge >= 0.3 is 0 Å². The Bertz CT molecular complexity index is 540. The lowest BCUT2D eigenvalue weighted by Gasteiger charge is -2.34. The standard InChI is InChI=1S/C19H24N2/c1-16-7-9-17(10-8-16)15-20-18-11-13-21(14-12-18)19-5-3-2-4-6-19/h2-10,18,20H,11-15H2,1H3. The van der Waals surface area contributed by atoms with Crippen molar-refractivity contribution in [3.8, 4) is 0 Å². The van der Waals surface area contributed by atoms with Crippen LogP contribution in [-0.2, 0) is 6.54 Å². The molecule has 1 N–H and O–H groups in total. The zero-order valence-corrected chi connectivity index (χ0v) is 12.8. The van der Waals surface area contributed by atoms with E-state index in [1.807, 2.05) is 0 Å². The first kappa shape index (κ1) is 14.2. The average Bonchev–Trinajstić information content (AvgIpc) is 2.56. The van der Waals surface area contributed by atoms with Crippen molar-refractivity contribution in [1.29, 1.82) is 0 Å². The molecule has 2 aromatic rings. The van der Waals surface area contributed by atoms with Crippen LogP contribution in [0.4, 0.5) is 5.69 Å². The molecule has 2 aromatic carbocycles. The van der Waals surface area contributed by atoms with Gasteiger partial charge in [0.05, 0.1) is 0 Å². The smallest absolute Gasteiger partial charge is 0.0366 e. The molecule has 0 aromatic heterocycles. The number of hydrogen-bond acceptors (Lipinski definition) is 2. The van der Waals surface area contributed by atoms with Gasteiger partial charge in [-0.2, -0.15) is 0 Å². The summed E-state index contributed by atoms with van der Waals surface area (Å²) < 4.78 is 0. The third kappa shape index (κ3) is 3.85. The van der Waals surface area contributed by atoms with Crippen molar-refractivity contribution in [3.63, 3.8) is 0 Å². The van der Waals surface area contributed by atoms with E-state index < -0.39 is 0 Å². The van der Waals surface area contributed by atoms with E-state index >= 15 is 0 Å². The van der Waals surface area contributed by atoms with Gasteiger partial charge in [-0.3, -0.25) is 0 Å². The number of benzene rings is 2. The molecule has 1 saturated heterocycles. The zero-order chi connectivity index (χ0) is 14.5. The number of anilines is 1. The molecule has 0 aliphatic carbocycles. The monoisotopic (exact) mass is 280 g/mol. The summed E-state index contributed by atoms with van der Waals surface area (Å²) >= 11 is 0. The Kier molecular flexibility index (Phi) is 4.56. The van der Waals surface area contributed by atoms with Crippen LogP contribution in [0.25, 0.3) is 0 Å². The second-order valence-corrected chi connectivity index (χ2v) is 5.96. The molecule has 0 unspecified atom stereocenters. The molecule has 0 bridgehead atoms. The fourth-order valence-electron chi connectivity index (χ4n) is 2.95. The van der Waals surface area contributed by atoms with E-state index in [0.29, 0.717) is 6.04 Å². The highest BCUT2D eigenvalue weighted by Gasteiger charge is 2.18. The van der Waals surface area contributed by atoms with Gasteiger partial charge in [-0.05, 0) is 37.5 Å². The third-order valence-corrected chi connectivity index (χ3v) is 4.33. The Morgan fingerprint density at radius 2 is 1.62 bits per heavy atom. The topological polar surface area (TPSA) is 15.3 Å². The summed E-state index contributed by atoms with van der Waals surface area (Å²) in [6.07, 6.45) is 2.45. The van der Waals surface area contributed by atoms with Gasteiger partial charge in [0.25, 0.3) is 0 Å². The molecule has 0 amide bonds. The van der Waals surface area contributed by atoms with Crippen molar-refractivity contribution >= 4 is 5.69 Å². The molecule has 21 heavy (non-hydrogen) atoms. The van der Waals surface area contributed by atoms with Gasteiger partial charge in [0, 0.05) is 31.4 Å². The lowest BCUT2D eigenvalue weighted by atomic mass is 10.0. The predicted octanol–water partition coefficient (Wildman–Crippen LogP) is 3.75. The zero-order valence-electron chi connectivity index (χ0n) is 12.8. The fourth-order valence-corrected chi connectivity index (χ4v) is 2.95. The maximum atomic E-state index is 3.70. The van der Waals surface area contributed by atoms with E-state index in [1.165, 1.54) is 29.7 Å². The highest BCUT2D eigenvalue weighted by atomic mass is 15.1. The first-order chi connectivity index (χ1) is 10.3. The van der Waals surface area contributed by atoms with Crippen molar-refractivity contribution in [2.24, 2.45) is 0 Å². The number of piperidine rings is 1. The molecule has 0 spiro atoms. The maximum Gasteiger partial charge on any atom is 0.0366 e. The van der Waals surface area contributed by atoms with Gasteiger partial charge in [-0.25, -0.2) is 0 Å². The first-order valence-corrected chi connectivity index (χ1v) is 7.90. The van der Waals surface area contributed by atoms with Crippen LogP contribution >= 0.6 is 0 Å². The van der Waals surface area contributed by atoms with Crippen LogP contribution in [0.2, 0.25) is 0 Å². The highest BCUT2D eigenvalue weighted by Crippen LogP contribution is 2.19. The van der Waals surface area contributed by atoms with Gasteiger partial charge in [0.1, 0.15) is 0 Å². The minimum absolute atomic E-state index is 0.645. The minimum atomic E-state index is 0.645. The summed E-state index contributed by atoms with van der Waals surface area (Å²) in [5, 5.41) is 3.70. The van der Waals surface area contributed by atoms with Gasteiger partial charge < -0.3 is 10.2 Å². The summed E-state index contributed by atoms with van der Waals surface area (Å²) in [5.74, 6) is 0. The summed E-state index contributed by atoms with van der Waals surface area (Å²) in [6.45, 7) is 5.41. The highest BCUT2D eigenvalue weighted by molar-refractivity contribution is 5.46. The van der Waals surface area contributed by atoms with Crippen LogP contribution in [0.5, 0.6) is 0 Å². The predicted molar refractivity (Wildman–Crippen MR) is 89.7 cm³/mol. The normalized spacial score (nSPS) is 16.1. The van der Waals surface area contributed by atoms with Crippen molar-refractivity contribution < 1.29 is 0 Å². The molecule has 110 valence electrons. The Morgan fingerprint density at radius 3 is 2.29 bits per heavy atom. The van der Waals surface area contributed by atoms with Crippen LogP contribution in [0.15, 0.2) is 54.6 Å². The SMILES string of the molecule is Cc1ccc(CNC2CCN(c3ccccc3)CC2)cc1. The van der Waals surface area contributed by atoms with Crippen LogP contribution in [0.1, 0.15) is 24.0 Å². The summed E-state index contributed by atoms with van der Waals surface area (Å²) in [7, 11) is 0. The number of nitrogens with zero attached hydrogens (tertiary/aromatic N) is 1. The van der Waals surface area contributed by atoms with Crippen LogP contribution in [0.3, 0.4) is 0 Å². The number of hydrogen-bond donors (Lipinski definition) is 1. The van der Waals surface area contributed by atoms with E-state index in [-0.39, 0.29) is 0 Å². The summed E-state index contributed by atoms with van der Waals surface area (Å²) in [5.41, 5.74) is 4.07. The largest absolute Gasteiger partial charge is 0.371 e. The van der Waals surface area contributed by atoms with Crippen molar-refractivity contribution in [2.45, 2.75) is 32.4 Å². The van der Waals surface area contributed by atoms with Crippen LogP contribution in [-0.4, -0.2) is 19.1 Å². The number of aryl methyl sites for hydroxylation is 1. The molecule has 0 radical (unpaired) electrons. The maximum absolute atomic E-state index is 3.70. The Labute approximate surface area is 127 Å². The number of rotatable bonds is 4. The van der Waals surface area contributed by atoms with Crippen molar-refractivity contribution in [3.05, 3.63) is 65.7 Å². The van der Waals surface area contributed by atoms with E-state index in [1.54, 1.807) is 0 Å². The van der Waals surface area contributed by atoms with E-state index in [9.17, 15) is 0 Å². The van der Waals surface area contributed by atoms with Crippen LogP contribution < -0.4 is 10.2 Å². The number of nitrogens with one attached hydrogen (secondary N) is 1. The second kappa shape index (κ2) is 6.77. The minimum Gasteiger partial charge on any atom is -0.371 e. The second-order valence-electron chi connectivity index (χ2n) is 5.96. The van der Waals surface area contributed by atoms with Crippen molar-refractivity contribution in [2.75, 3.05) is 18.0 Å². The first-order valence-electron chi connectivity index (χ1n) is 7.90. The summed E-state index contributed by atoms with van der Waals surface area (Å²) in [4.78, 5) is 2.49. The average molecular weight is 280 g/mol. The van der Waals surface area contributed by atoms with Crippen molar-refractivity contribution in [1.82, 2.24) is 5.32 Å². The lowest BCUT2D eigenvalue weighted by Crippen LogP contribution is -2.42. The Hall–Kier alpha value is -1.80. The molecule has 1 aliphatic rings. The quantitative estimate of drug-likeness (QED) is 0.917. The molecule has 1 heterocycles. The van der Waals surface area contributed by atoms with Crippen LogP contribution in [0, 0.1) is 6.92 Å². The molecule has 0 saturated carbocycles. The molecule has 1 fully saturated rings.